The molecule has 0 heterocycles. The minimum atomic E-state index is 0.514. The van der Waals surface area contributed by atoms with Gasteiger partial charge < -0.3 is 10.6 Å². The van der Waals surface area contributed by atoms with Gasteiger partial charge in [0.2, 0.25) is 0 Å². The van der Waals surface area contributed by atoms with Crippen molar-refractivity contribution in [2.45, 2.75) is 32.2 Å². The lowest BCUT2D eigenvalue weighted by molar-refractivity contribution is 0.236. The number of hydrogen-bond acceptors (Lipinski definition) is 2. The Hall–Kier alpha value is -0.860. The smallest absolute Gasteiger partial charge is 0.0218 e. The van der Waals surface area contributed by atoms with Gasteiger partial charge in [0.15, 0.2) is 0 Å². The maximum Gasteiger partial charge on any atom is 0.0218 e. The number of hydrogen-bond donors (Lipinski definition) is 1. The molecule has 0 saturated heterocycles. The highest BCUT2D eigenvalue weighted by Crippen LogP contribution is 2.08. The Morgan fingerprint density at radius 3 is 2.50 bits per heavy atom. The molecule has 0 amide bonds. The minimum absolute atomic E-state index is 0.514. The van der Waals surface area contributed by atoms with Gasteiger partial charge in [-0.2, -0.15) is 0 Å². The fourth-order valence-electron chi connectivity index (χ4n) is 2.03. The predicted molar refractivity (Wildman–Crippen MR) is 70.5 cm³/mol. The van der Waals surface area contributed by atoms with Crippen LogP contribution in [0.5, 0.6) is 0 Å². The molecule has 2 nitrogen and oxygen atoms in total. The zero-order valence-corrected chi connectivity index (χ0v) is 10.5. The average molecular weight is 220 g/mol. The van der Waals surface area contributed by atoms with Crippen LogP contribution < -0.4 is 5.73 Å². The molecule has 0 spiro atoms. The van der Waals surface area contributed by atoms with Crippen LogP contribution in [0.2, 0.25) is 0 Å². The Balaban J connectivity index is 2.39. The van der Waals surface area contributed by atoms with E-state index in [1.807, 2.05) is 0 Å². The summed E-state index contributed by atoms with van der Waals surface area (Å²) >= 11 is 0. The second-order valence-electron chi connectivity index (χ2n) is 4.39. The molecule has 90 valence electrons. The van der Waals surface area contributed by atoms with Crippen LogP contribution in [-0.4, -0.2) is 31.1 Å². The molecule has 0 aromatic heterocycles. The molecule has 0 fully saturated rings. The maximum absolute atomic E-state index is 5.83. The highest BCUT2D eigenvalue weighted by Gasteiger charge is 2.11. The van der Waals surface area contributed by atoms with Gasteiger partial charge in [-0.25, -0.2) is 0 Å². The average Bonchev–Trinajstić information content (AvgIpc) is 2.31. The van der Waals surface area contributed by atoms with Crippen LogP contribution in [0.4, 0.5) is 0 Å². The van der Waals surface area contributed by atoms with Gasteiger partial charge in [0.25, 0.3) is 0 Å². The summed E-state index contributed by atoms with van der Waals surface area (Å²) in [6, 6.07) is 11.2. The van der Waals surface area contributed by atoms with E-state index in [1.165, 1.54) is 12.0 Å². The topological polar surface area (TPSA) is 29.3 Å². The zero-order valence-electron chi connectivity index (χ0n) is 10.5. The Bertz CT molecular complexity index is 271. The third-order valence-corrected chi connectivity index (χ3v) is 3.08. The van der Waals surface area contributed by atoms with Gasteiger partial charge in [0.05, 0.1) is 0 Å². The molecule has 1 atom stereocenters. The molecule has 0 bridgehead atoms. The molecule has 2 heteroatoms. The molecule has 1 aromatic rings. The lowest BCUT2D eigenvalue weighted by Gasteiger charge is -2.26. The maximum atomic E-state index is 5.83. The quantitative estimate of drug-likeness (QED) is 0.764. The first-order valence-electron chi connectivity index (χ1n) is 6.22. The van der Waals surface area contributed by atoms with Crippen molar-refractivity contribution in [3.05, 3.63) is 35.9 Å². The minimum Gasteiger partial charge on any atom is -0.329 e. The number of aryl methyl sites for hydroxylation is 1. The van der Waals surface area contributed by atoms with Crippen LogP contribution in [-0.2, 0) is 6.42 Å². The summed E-state index contributed by atoms with van der Waals surface area (Å²) in [4.78, 5) is 2.38. The highest BCUT2D eigenvalue weighted by atomic mass is 15.1. The van der Waals surface area contributed by atoms with E-state index < -0.39 is 0 Å². The van der Waals surface area contributed by atoms with Crippen molar-refractivity contribution in [3.63, 3.8) is 0 Å². The normalized spacial score (nSPS) is 13.0. The van der Waals surface area contributed by atoms with Crippen LogP contribution in [0.25, 0.3) is 0 Å². The van der Waals surface area contributed by atoms with Crippen LogP contribution >= 0.6 is 0 Å². The largest absolute Gasteiger partial charge is 0.329 e. The van der Waals surface area contributed by atoms with Crippen molar-refractivity contribution in [3.8, 4) is 0 Å². The van der Waals surface area contributed by atoms with E-state index in [4.69, 9.17) is 5.73 Å². The van der Waals surface area contributed by atoms with Crippen molar-refractivity contribution >= 4 is 0 Å². The molecule has 0 aliphatic heterocycles. The molecule has 0 radical (unpaired) electrons. The zero-order chi connectivity index (χ0) is 11.8. The van der Waals surface area contributed by atoms with Gasteiger partial charge in [-0.3, -0.25) is 0 Å². The van der Waals surface area contributed by atoms with Crippen LogP contribution in [0.1, 0.15) is 25.3 Å². The van der Waals surface area contributed by atoms with Crippen molar-refractivity contribution in [1.82, 2.24) is 4.90 Å². The standard InChI is InChI=1S/C14H24N2/c1-3-11-16(2)14(12-15)10-9-13-7-5-4-6-8-13/h4-8,14H,3,9-12,15H2,1-2H3. The Kier molecular flexibility index (Phi) is 6.12. The third-order valence-electron chi connectivity index (χ3n) is 3.08. The van der Waals surface area contributed by atoms with E-state index >= 15 is 0 Å². The molecule has 1 aromatic carbocycles. The highest BCUT2D eigenvalue weighted by molar-refractivity contribution is 5.14. The van der Waals surface area contributed by atoms with E-state index in [0.717, 1.165) is 25.9 Å². The van der Waals surface area contributed by atoms with Gasteiger partial charge in [0, 0.05) is 12.6 Å². The molecule has 16 heavy (non-hydrogen) atoms. The number of nitrogens with zero attached hydrogens (tertiary/aromatic N) is 1. The molecule has 1 unspecified atom stereocenters. The Morgan fingerprint density at radius 1 is 1.25 bits per heavy atom. The van der Waals surface area contributed by atoms with Crippen molar-refractivity contribution in [2.24, 2.45) is 5.73 Å². The van der Waals surface area contributed by atoms with Crippen molar-refractivity contribution < 1.29 is 0 Å². The SMILES string of the molecule is CCCN(C)C(CN)CCc1ccccc1. The lowest BCUT2D eigenvalue weighted by Crippen LogP contribution is -2.38. The Morgan fingerprint density at radius 2 is 1.94 bits per heavy atom. The molecular formula is C14H24N2. The summed E-state index contributed by atoms with van der Waals surface area (Å²) in [7, 11) is 2.17. The molecule has 2 N–H and O–H groups in total. The van der Waals surface area contributed by atoms with Crippen LogP contribution in [0.3, 0.4) is 0 Å². The molecule has 1 rings (SSSR count). The third kappa shape index (κ3) is 4.33. The van der Waals surface area contributed by atoms with Gasteiger partial charge in [-0.1, -0.05) is 37.3 Å². The predicted octanol–water partition coefficient (Wildman–Crippen LogP) is 2.29. The molecule has 0 aliphatic carbocycles. The summed E-state index contributed by atoms with van der Waals surface area (Å²) in [6.45, 7) is 4.10. The van der Waals surface area contributed by atoms with Gasteiger partial charge in [-0.15, -0.1) is 0 Å². The molecule has 0 aliphatic rings. The van der Waals surface area contributed by atoms with Crippen molar-refractivity contribution in [2.75, 3.05) is 20.1 Å². The Labute approximate surface area is 99.5 Å². The van der Waals surface area contributed by atoms with E-state index in [2.05, 4.69) is 49.2 Å². The van der Waals surface area contributed by atoms with Gasteiger partial charge >= 0.3 is 0 Å². The molecular weight excluding hydrogens is 196 g/mol. The first-order valence-corrected chi connectivity index (χ1v) is 6.22. The van der Waals surface area contributed by atoms with Crippen molar-refractivity contribution in [1.29, 1.82) is 0 Å². The fourth-order valence-corrected chi connectivity index (χ4v) is 2.03. The van der Waals surface area contributed by atoms with Crippen LogP contribution in [0.15, 0.2) is 30.3 Å². The second-order valence-corrected chi connectivity index (χ2v) is 4.39. The number of benzene rings is 1. The number of nitrogens with two attached hydrogens (primary N) is 1. The van der Waals surface area contributed by atoms with E-state index in [1.54, 1.807) is 0 Å². The van der Waals surface area contributed by atoms with E-state index in [-0.39, 0.29) is 0 Å². The second kappa shape index (κ2) is 7.42. The summed E-state index contributed by atoms with van der Waals surface area (Å²) < 4.78 is 0. The van der Waals surface area contributed by atoms with Gasteiger partial charge in [0.1, 0.15) is 0 Å². The van der Waals surface area contributed by atoms with E-state index in [0.29, 0.717) is 6.04 Å². The number of rotatable bonds is 7. The van der Waals surface area contributed by atoms with Gasteiger partial charge in [-0.05, 0) is 38.4 Å². The first-order chi connectivity index (χ1) is 7.77. The summed E-state index contributed by atoms with van der Waals surface area (Å²) in [5.74, 6) is 0. The lowest BCUT2D eigenvalue weighted by atomic mass is 10.0. The molecule has 0 saturated carbocycles. The van der Waals surface area contributed by atoms with Crippen LogP contribution in [0, 0.1) is 0 Å². The fraction of sp³-hybridized carbons (Fsp3) is 0.571. The number of likely N-dealkylation sites (N-methyl/N-ethyl adjacent to an activating group) is 1. The monoisotopic (exact) mass is 220 g/mol. The summed E-state index contributed by atoms with van der Waals surface area (Å²) in [5, 5.41) is 0. The summed E-state index contributed by atoms with van der Waals surface area (Å²) in [5.41, 5.74) is 7.23. The van der Waals surface area contributed by atoms with E-state index in [9.17, 15) is 0 Å². The summed E-state index contributed by atoms with van der Waals surface area (Å²) in [6.07, 6.45) is 3.46. The first kappa shape index (κ1) is 13.2.